The lowest BCUT2D eigenvalue weighted by Crippen LogP contribution is -2.59. The molecular weight excluding hydrogens is 732 g/mol. The number of ketones is 1. The number of amides is 6. The number of rotatable bonds is 12. The molecule has 2 bridgehead atoms. The highest BCUT2D eigenvalue weighted by Gasteiger charge is 2.46. The fourth-order valence-corrected chi connectivity index (χ4v) is 6.79. The van der Waals surface area contributed by atoms with Crippen molar-refractivity contribution in [1.29, 1.82) is 0 Å². The third-order valence-corrected chi connectivity index (χ3v) is 9.98. The fraction of sp³-hybridized carbons (Fsp3) is 0.548. The summed E-state index contributed by atoms with van der Waals surface area (Å²) in [5.74, 6) is -4.01. The Balaban J connectivity index is 1.49. The molecule has 2 aliphatic heterocycles. The van der Waals surface area contributed by atoms with Gasteiger partial charge in [-0.15, -0.1) is 0 Å². The molecule has 4 N–H and O–H groups in total. The van der Waals surface area contributed by atoms with Crippen LogP contribution in [0.3, 0.4) is 0 Å². The minimum absolute atomic E-state index is 0.0154. The molecule has 15 nitrogen and oxygen atoms in total. The number of hydrogen-bond acceptors (Lipinski definition) is 9. The highest BCUT2D eigenvalue weighted by Crippen LogP contribution is 2.28. The van der Waals surface area contributed by atoms with Crippen LogP contribution in [-0.2, 0) is 44.7 Å². The molecule has 0 spiro atoms. The van der Waals surface area contributed by atoms with E-state index in [-0.39, 0.29) is 37.6 Å². The first-order valence-electron chi connectivity index (χ1n) is 19.7. The maximum absolute atomic E-state index is 14.4. The van der Waals surface area contributed by atoms with Gasteiger partial charge >= 0.3 is 0 Å². The monoisotopic (exact) mass is 790 g/mol. The zero-order valence-electron chi connectivity index (χ0n) is 33.9. The molecule has 5 atom stereocenters. The van der Waals surface area contributed by atoms with E-state index in [2.05, 4.69) is 21.3 Å². The molecule has 1 saturated heterocycles. The minimum atomic E-state index is -1.25. The number of likely N-dealkylation sites (N-methyl/N-ethyl adjacent to an activating group) is 1. The average molecular weight is 791 g/mol. The molecule has 15 heteroatoms. The van der Waals surface area contributed by atoms with Gasteiger partial charge in [0.1, 0.15) is 23.9 Å². The van der Waals surface area contributed by atoms with Crippen LogP contribution < -0.4 is 26.0 Å². The number of nitrogens with one attached hydrogen (secondary N) is 4. The number of unbranched alkanes of at least 4 members (excludes halogenated alkanes) is 1. The summed E-state index contributed by atoms with van der Waals surface area (Å²) >= 11 is 0. The summed E-state index contributed by atoms with van der Waals surface area (Å²) in [6.45, 7) is 7.65. The van der Waals surface area contributed by atoms with E-state index in [9.17, 15) is 33.6 Å². The molecule has 0 saturated carbocycles. The summed E-state index contributed by atoms with van der Waals surface area (Å²) in [6.07, 6.45) is 2.27. The van der Waals surface area contributed by atoms with Crippen LogP contribution in [0.2, 0.25) is 0 Å². The summed E-state index contributed by atoms with van der Waals surface area (Å²) in [4.78, 5) is 97.3. The van der Waals surface area contributed by atoms with Crippen molar-refractivity contribution in [3.8, 4) is 5.75 Å². The van der Waals surface area contributed by atoms with Gasteiger partial charge in [0.15, 0.2) is 0 Å². The Morgan fingerprint density at radius 3 is 2.32 bits per heavy atom. The van der Waals surface area contributed by atoms with Crippen LogP contribution in [0, 0.1) is 5.41 Å². The van der Waals surface area contributed by atoms with Gasteiger partial charge in [0.25, 0.3) is 5.91 Å². The lowest BCUT2D eigenvalue weighted by atomic mass is 9.85. The molecule has 2 aromatic rings. The Kier molecular flexibility index (Phi) is 16.2. The zero-order chi connectivity index (χ0) is 41.7. The molecule has 57 heavy (non-hydrogen) atoms. The van der Waals surface area contributed by atoms with Crippen molar-refractivity contribution < 1.29 is 43.0 Å². The Bertz CT molecular complexity index is 1740. The normalized spacial score (nSPS) is 20.2. The lowest BCUT2D eigenvalue weighted by molar-refractivity contribution is -0.145. The molecule has 6 amide bonds. The average Bonchev–Trinajstić information content (AvgIpc) is 3.61. The largest absolute Gasteiger partial charge is 0.493 e. The smallest absolute Gasteiger partial charge is 0.290 e. The number of fused-ring (bicyclic) bond motifs is 3. The van der Waals surface area contributed by atoms with E-state index in [1.807, 2.05) is 45.9 Å². The van der Waals surface area contributed by atoms with Crippen molar-refractivity contribution in [2.75, 3.05) is 40.4 Å². The number of nitrogens with zero attached hydrogens (tertiary/aromatic N) is 2. The molecule has 2 heterocycles. The minimum Gasteiger partial charge on any atom is -0.493 e. The first kappa shape index (κ1) is 44.4. The second-order valence-corrected chi connectivity index (χ2v) is 15.8. The van der Waals surface area contributed by atoms with Crippen molar-refractivity contribution in [3.63, 3.8) is 0 Å². The third-order valence-electron chi connectivity index (χ3n) is 9.98. The molecule has 310 valence electrons. The van der Waals surface area contributed by atoms with Crippen molar-refractivity contribution in [1.82, 2.24) is 31.1 Å². The quantitative estimate of drug-likeness (QED) is 0.234. The molecule has 0 radical (unpaired) electrons. The van der Waals surface area contributed by atoms with Gasteiger partial charge in [-0.05, 0) is 36.3 Å². The molecule has 1 fully saturated rings. The van der Waals surface area contributed by atoms with Gasteiger partial charge in [0.05, 0.1) is 31.7 Å². The SMILES string of the molecule is CCCC[C@@H](NC(=O)[C@@H]1C[C@@H]2CN1C(=O)[C@H](C(C)(C)C)NC(=O)Cc1ccccc1OCCCCO2)C(=O)C(=O)NCC(=O)N[C@H](C(=O)N(C)C)c1ccccc1. The topological polar surface area (TPSA) is 193 Å². The molecule has 0 aliphatic carbocycles. The summed E-state index contributed by atoms with van der Waals surface area (Å²) in [7, 11) is 3.12. The number of carbonyl (C=O) groups excluding carboxylic acids is 7. The van der Waals surface area contributed by atoms with E-state index in [0.29, 0.717) is 55.8 Å². The van der Waals surface area contributed by atoms with E-state index in [1.54, 1.807) is 50.5 Å². The van der Waals surface area contributed by atoms with E-state index >= 15 is 0 Å². The number of para-hydroxylation sites is 1. The fourth-order valence-electron chi connectivity index (χ4n) is 6.79. The summed E-state index contributed by atoms with van der Waals surface area (Å²) in [5, 5.41) is 10.6. The van der Waals surface area contributed by atoms with Crippen LogP contribution in [0.4, 0.5) is 0 Å². The predicted octanol–water partition coefficient (Wildman–Crippen LogP) is 2.22. The maximum atomic E-state index is 14.4. The standard InChI is InChI=1S/C42H58N6O9/c1-7-8-19-30(36(51)39(53)43-25-34(50)45-35(40(54)47(5)6)27-16-10-9-11-17-27)44-38(52)31-24-29-26-48(31)41(55)37(42(2,3)4)46-33(49)23-28-18-12-13-20-32(28)57-22-15-14-21-56-29/h9-13,16-18,20,29-31,35,37H,7-8,14-15,19,21-26H2,1-6H3,(H,43,53)(H,44,52)(H,45,50)(H,46,49)/t29-,30-,31+,35+,37-/m1/s1. The Morgan fingerprint density at radius 2 is 1.63 bits per heavy atom. The summed E-state index contributed by atoms with van der Waals surface area (Å²) < 4.78 is 12.1. The highest BCUT2D eigenvalue weighted by molar-refractivity contribution is 6.38. The van der Waals surface area contributed by atoms with Crippen LogP contribution in [0.5, 0.6) is 5.75 Å². The van der Waals surface area contributed by atoms with Gasteiger partial charge in [0, 0.05) is 39.2 Å². The van der Waals surface area contributed by atoms with Gasteiger partial charge in [-0.1, -0.05) is 89.1 Å². The van der Waals surface area contributed by atoms with Gasteiger partial charge < -0.3 is 40.5 Å². The van der Waals surface area contributed by atoms with Gasteiger partial charge in [-0.25, -0.2) is 0 Å². The van der Waals surface area contributed by atoms with Crippen LogP contribution in [0.25, 0.3) is 0 Å². The van der Waals surface area contributed by atoms with Crippen molar-refractivity contribution in [2.24, 2.45) is 5.41 Å². The van der Waals surface area contributed by atoms with Crippen LogP contribution >= 0.6 is 0 Å². The maximum Gasteiger partial charge on any atom is 0.290 e. The number of benzene rings is 2. The molecule has 4 rings (SSSR count). The number of hydrogen-bond donors (Lipinski definition) is 4. The van der Waals surface area contributed by atoms with E-state index < -0.39 is 71.6 Å². The second kappa shape index (κ2) is 20.7. The van der Waals surface area contributed by atoms with Gasteiger partial charge in [-0.2, -0.15) is 0 Å². The van der Waals surface area contributed by atoms with Crippen molar-refractivity contribution in [3.05, 3.63) is 65.7 Å². The Morgan fingerprint density at radius 1 is 0.947 bits per heavy atom. The van der Waals surface area contributed by atoms with Crippen molar-refractivity contribution in [2.45, 2.75) is 103 Å². The third kappa shape index (κ3) is 12.6. The molecule has 0 unspecified atom stereocenters. The highest BCUT2D eigenvalue weighted by atomic mass is 16.5. The van der Waals surface area contributed by atoms with Crippen LogP contribution in [-0.4, -0.2) is 116 Å². The Labute approximate surface area is 335 Å². The van der Waals surface area contributed by atoms with Crippen molar-refractivity contribution >= 4 is 41.2 Å². The van der Waals surface area contributed by atoms with Crippen LogP contribution in [0.1, 0.15) is 83.4 Å². The molecule has 2 aliphatic rings. The van der Waals surface area contributed by atoms with Gasteiger partial charge in [0.2, 0.25) is 35.3 Å². The molecular formula is C42H58N6O9. The first-order chi connectivity index (χ1) is 27.1. The molecule has 0 aromatic heterocycles. The number of ether oxygens (including phenoxy) is 2. The van der Waals surface area contributed by atoms with E-state index in [1.165, 1.54) is 9.80 Å². The predicted molar refractivity (Wildman–Crippen MR) is 212 cm³/mol. The van der Waals surface area contributed by atoms with Crippen LogP contribution in [0.15, 0.2) is 54.6 Å². The van der Waals surface area contributed by atoms with E-state index in [4.69, 9.17) is 9.47 Å². The molecule has 2 aromatic carbocycles. The first-order valence-corrected chi connectivity index (χ1v) is 19.7. The number of carbonyl (C=O) groups is 7. The zero-order valence-corrected chi connectivity index (χ0v) is 33.9. The second-order valence-electron chi connectivity index (χ2n) is 15.8. The van der Waals surface area contributed by atoms with Gasteiger partial charge in [-0.3, -0.25) is 33.6 Å². The summed E-state index contributed by atoms with van der Waals surface area (Å²) in [5.41, 5.74) is 0.474. The Hall–Kier alpha value is -5.31. The lowest BCUT2D eigenvalue weighted by Gasteiger charge is -2.35. The summed E-state index contributed by atoms with van der Waals surface area (Å²) in [6, 6.07) is 11.6. The van der Waals surface area contributed by atoms with E-state index in [0.717, 1.165) is 0 Å². The number of Topliss-reactive ketones (excluding diaryl/α,β-unsaturated/α-hetero) is 1.